The van der Waals surface area contributed by atoms with Gasteiger partial charge in [-0.15, -0.1) is 0 Å². The van der Waals surface area contributed by atoms with Gasteiger partial charge in [-0.2, -0.15) is 0 Å². The van der Waals surface area contributed by atoms with Crippen LogP contribution in [0.25, 0.3) is 0 Å². The number of fused-ring (bicyclic) bond motifs is 1. The molecule has 114 valence electrons. The fraction of sp³-hybridized carbons (Fsp3) is 0.533. The minimum atomic E-state index is -0.437. The molecule has 0 aromatic heterocycles. The van der Waals surface area contributed by atoms with E-state index in [0.717, 1.165) is 18.7 Å². The summed E-state index contributed by atoms with van der Waals surface area (Å²) >= 11 is 0. The maximum atomic E-state index is 13.8. The first-order valence-electron chi connectivity index (χ1n) is 7.36. The van der Waals surface area contributed by atoms with E-state index in [-0.39, 0.29) is 17.7 Å². The second kappa shape index (κ2) is 5.42. The molecule has 0 aliphatic carbocycles. The molecular formula is C15H20FN3O2. The number of piperazine rings is 1. The van der Waals surface area contributed by atoms with Crippen molar-refractivity contribution in [2.24, 2.45) is 0 Å². The Morgan fingerprint density at radius 3 is 3.00 bits per heavy atom. The van der Waals surface area contributed by atoms with Crippen LogP contribution >= 0.6 is 0 Å². The molecule has 1 aromatic carbocycles. The van der Waals surface area contributed by atoms with Crippen LogP contribution in [0.3, 0.4) is 0 Å². The first-order valence-corrected chi connectivity index (χ1v) is 7.36. The molecule has 2 heterocycles. The third-order valence-electron chi connectivity index (χ3n) is 4.22. The zero-order chi connectivity index (χ0) is 15.0. The Bertz CT molecular complexity index is 564. The zero-order valence-corrected chi connectivity index (χ0v) is 12.1. The molecule has 3 rings (SSSR count). The van der Waals surface area contributed by atoms with Crippen molar-refractivity contribution in [3.63, 3.8) is 0 Å². The van der Waals surface area contributed by atoms with Crippen molar-refractivity contribution in [1.29, 1.82) is 0 Å². The lowest BCUT2D eigenvalue weighted by Crippen LogP contribution is -2.51. The van der Waals surface area contributed by atoms with Crippen LogP contribution in [0.5, 0.6) is 5.75 Å². The summed E-state index contributed by atoms with van der Waals surface area (Å²) in [6, 6.07) is 3.22. The van der Waals surface area contributed by atoms with Crippen LogP contribution in [0.2, 0.25) is 0 Å². The number of nitrogen functional groups attached to an aromatic ring is 1. The lowest BCUT2D eigenvalue weighted by molar-refractivity contribution is -0.129. The second-order valence-corrected chi connectivity index (χ2v) is 5.50. The lowest BCUT2D eigenvalue weighted by Gasteiger charge is -2.39. The summed E-state index contributed by atoms with van der Waals surface area (Å²) in [5.74, 6) is 0.0288. The first kappa shape index (κ1) is 14.0. The van der Waals surface area contributed by atoms with Crippen LogP contribution in [-0.4, -0.2) is 43.1 Å². The smallest absolute Gasteiger partial charge is 0.223 e. The fourth-order valence-electron chi connectivity index (χ4n) is 3.18. The monoisotopic (exact) mass is 293 g/mol. The fourth-order valence-corrected chi connectivity index (χ4v) is 3.18. The van der Waals surface area contributed by atoms with Crippen molar-refractivity contribution in [3.8, 4) is 5.75 Å². The highest BCUT2D eigenvalue weighted by molar-refractivity contribution is 5.79. The molecule has 2 saturated heterocycles. The number of carbonyl (C=O) groups is 1. The topological polar surface area (TPSA) is 58.8 Å². The first-order chi connectivity index (χ1) is 10.1. The summed E-state index contributed by atoms with van der Waals surface area (Å²) in [7, 11) is 0. The number of hydrogen-bond acceptors (Lipinski definition) is 4. The van der Waals surface area contributed by atoms with Crippen LogP contribution < -0.4 is 15.4 Å². The van der Waals surface area contributed by atoms with E-state index in [1.807, 2.05) is 11.8 Å². The van der Waals surface area contributed by atoms with Gasteiger partial charge in [-0.05, 0) is 13.3 Å². The van der Waals surface area contributed by atoms with Gasteiger partial charge in [-0.25, -0.2) is 4.39 Å². The Morgan fingerprint density at radius 1 is 1.43 bits per heavy atom. The van der Waals surface area contributed by atoms with E-state index < -0.39 is 5.82 Å². The Kier molecular flexibility index (Phi) is 3.61. The van der Waals surface area contributed by atoms with E-state index in [0.29, 0.717) is 31.8 Å². The van der Waals surface area contributed by atoms with Crippen molar-refractivity contribution in [3.05, 3.63) is 17.9 Å². The molecule has 2 aliphatic heterocycles. The molecule has 2 aliphatic rings. The van der Waals surface area contributed by atoms with E-state index in [1.54, 1.807) is 6.07 Å². The van der Waals surface area contributed by atoms with Gasteiger partial charge >= 0.3 is 0 Å². The van der Waals surface area contributed by atoms with E-state index in [9.17, 15) is 9.18 Å². The number of anilines is 2. The van der Waals surface area contributed by atoms with E-state index in [4.69, 9.17) is 10.5 Å². The highest BCUT2D eigenvalue weighted by atomic mass is 19.1. The zero-order valence-electron chi connectivity index (χ0n) is 12.1. The maximum Gasteiger partial charge on any atom is 0.223 e. The molecule has 0 saturated carbocycles. The molecule has 1 aromatic rings. The van der Waals surface area contributed by atoms with Gasteiger partial charge in [0.05, 0.1) is 18.0 Å². The van der Waals surface area contributed by atoms with Gasteiger partial charge in [0, 0.05) is 44.2 Å². The predicted octanol–water partition coefficient (Wildman–Crippen LogP) is 1.62. The number of benzene rings is 1. The highest BCUT2D eigenvalue weighted by Gasteiger charge is 2.36. The number of nitrogens with two attached hydrogens (primary N) is 1. The minimum absolute atomic E-state index is 0.228. The second-order valence-electron chi connectivity index (χ2n) is 5.50. The summed E-state index contributed by atoms with van der Waals surface area (Å²) in [6.07, 6.45) is 1.51. The number of nitrogens with zero attached hydrogens (tertiary/aromatic N) is 2. The third-order valence-corrected chi connectivity index (χ3v) is 4.22. The molecule has 0 spiro atoms. The van der Waals surface area contributed by atoms with Gasteiger partial charge in [-0.1, -0.05) is 0 Å². The summed E-state index contributed by atoms with van der Waals surface area (Å²) in [4.78, 5) is 15.8. The summed E-state index contributed by atoms with van der Waals surface area (Å²) in [5, 5.41) is 0. The van der Waals surface area contributed by atoms with Crippen LogP contribution in [0.4, 0.5) is 15.8 Å². The number of ether oxygens (including phenoxy) is 1. The Labute approximate surface area is 123 Å². The largest absolute Gasteiger partial charge is 0.491 e. The van der Waals surface area contributed by atoms with Gasteiger partial charge in [0.15, 0.2) is 11.6 Å². The number of carbonyl (C=O) groups excluding carboxylic acids is 1. The van der Waals surface area contributed by atoms with Gasteiger partial charge in [0.1, 0.15) is 0 Å². The number of rotatable bonds is 3. The average molecular weight is 293 g/mol. The summed E-state index contributed by atoms with van der Waals surface area (Å²) < 4.78 is 19.1. The molecule has 21 heavy (non-hydrogen) atoms. The Balaban J connectivity index is 1.84. The normalized spacial score (nSPS) is 21.6. The van der Waals surface area contributed by atoms with Gasteiger partial charge in [0.25, 0.3) is 0 Å². The van der Waals surface area contributed by atoms with Crippen molar-refractivity contribution in [1.82, 2.24) is 4.90 Å². The molecule has 1 atom stereocenters. The van der Waals surface area contributed by atoms with E-state index in [1.165, 1.54) is 6.07 Å². The molecule has 0 radical (unpaired) electrons. The van der Waals surface area contributed by atoms with Crippen molar-refractivity contribution in [2.45, 2.75) is 25.8 Å². The number of amides is 1. The molecular weight excluding hydrogens is 273 g/mol. The number of hydrogen-bond donors (Lipinski definition) is 1. The van der Waals surface area contributed by atoms with Crippen LogP contribution in [0.15, 0.2) is 12.1 Å². The molecule has 2 N–H and O–H groups in total. The van der Waals surface area contributed by atoms with Gasteiger partial charge in [-0.3, -0.25) is 4.79 Å². The van der Waals surface area contributed by atoms with Crippen LogP contribution in [0.1, 0.15) is 19.8 Å². The lowest BCUT2D eigenvalue weighted by atomic mass is 10.1. The maximum absolute atomic E-state index is 13.8. The Hall–Kier alpha value is -1.98. The molecule has 6 heteroatoms. The summed E-state index contributed by atoms with van der Waals surface area (Å²) in [5.41, 5.74) is 7.17. The standard InChI is InChI=1S/C15H20FN3O2/c1-2-21-14-8-13(12(17)7-11(14)16)18-5-6-19-10(9-18)3-4-15(19)20/h7-8,10H,2-6,9,17H2,1H3. The average Bonchev–Trinajstić information content (AvgIpc) is 2.83. The van der Waals surface area contributed by atoms with E-state index >= 15 is 0 Å². The third kappa shape index (κ3) is 2.50. The molecule has 0 bridgehead atoms. The highest BCUT2D eigenvalue weighted by Crippen LogP contribution is 2.34. The minimum Gasteiger partial charge on any atom is -0.491 e. The molecule has 2 fully saturated rings. The summed E-state index contributed by atoms with van der Waals surface area (Å²) in [6.45, 7) is 4.38. The SMILES string of the molecule is CCOc1cc(N2CCN3C(=O)CCC3C2)c(N)cc1F. The molecule has 1 unspecified atom stereocenters. The molecule has 1 amide bonds. The van der Waals surface area contributed by atoms with Crippen molar-refractivity contribution in [2.75, 3.05) is 36.9 Å². The van der Waals surface area contributed by atoms with E-state index in [2.05, 4.69) is 4.90 Å². The Morgan fingerprint density at radius 2 is 2.24 bits per heavy atom. The predicted molar refractivity (Wildman–Crippen MR) is 78.9 cm³/mol. The van der Waals surface area contributed by atoms with Gasteiger partial charge in [0.2, 0.25) is 5.91 Å². The van der Waals surface area contributed by atoms with Gasteiger partial charge < -0.3 is 20.3 Å². The van der Waals surface area contributed by atoms with Crippen LogP contribution in [-0.2, 0) is 4.79 Å². The van der Waals surface area contributed by atoms with Crippen molar-refractivity contribution >= 4 is 17.3 Å². The van der Waals surface area contributed by atoms with Crippen LogP contribution in [0, 0.1) is 5.82 Å². The number of halogens is 1. The molecule has 5 nitrogen and oxygen atoms in total. The van der Waals surface area contributed by atoms with Crippen molar-refractivity contribution < 1.29 is 13.9 Å². The quantitative estimate of drug-likeness (QED) is 0.860.